The minimum absolute atomic E-state index is 0.00986. The van der Waals surface area contributed by atoms with Crippen molar-refractivity contribution in [3.05, 3.63) is 29.6 Å². The fraction of sp³-hybridized carbons (Fsp3) is 0.267. The molecule has 0 radical (unpaired) electrons. The van der Waals surface area contributed by atoms with Gasteiger partial charge in [-0.25, -0.2) is 4.98 Å². The molecule has 1 heterocycles. The molecule has 1 aromatic carbocycles. The van der Waals surface area contributed by atoms with Crippen molar-refractivity contribution in [2.75, 3.05) is 10.6 Å². The van der Waals surface area contributed by atoms with Gasteiger partial charge in [0.05, 0.1) is 5.69 Å². The molecule has 5 nitrogen and oxygen atoms in total. The van der Waals surface area contributed by atoms with Gasteiger partial charge in [0, 0.05) is 29.5 Å². The third-order valence-electron chi connectivity index (χ3n) is 2.76. The van der Waals surface area contributed by atoms with E-state index < -0.39 is 0 Å². The molecule has 2 N–H and O–H groups in total. The van der Waals surface area contributed by atoms with E-state index in [0.29, 0.717) is 5.13 Å². The van der Waals surface area contributed by atoms with Gasteiger partial charge in [-0.1, -0.05) is 26.0 Å². The molecule has 0 aliphatic rings. The third-order valence-corrected chi connectivity index (χ3v) is 3.52. The first-order valence-electron chi connectivity index (χ1n) is 6.60. The topological polar surface area (TPSA) is 71.1 Å². The van der Waals surface area contributed by atoms with E-state index in [-0.39, 0.29) is 17.7 Å². The zero-order valence-corrected chi connectivity index (χ0v) is 13.0. The van der Waals surface area contributed by atoms with Crippen molar-refractivity contribution in [2.45, 2.75) is 20.8 Å². The van der Waals surface area contributed by atoms with Crippen LogP contribution < -0.4 is 10.6 Å². The predicted octanol–water partition coefficient (Wildman–Crippen LogP) is 3.36. The van der Waals surface area contributed by atoms with Crippen LogP contribution in [-0.2, 0) is 9.59 Å². The van der Waals surface area contributed by atoms with Gasteiger partial charge in [-0.2, -0.15) is 0 Å². The fourth-order valence-corrected chi connectivity index (χ4v) is 2.39. The Morgan fingerprint density at radius 1 is 1.14 bits per heavy atom. The lowest BCUT2D eigenvalue weighted by molar-refractivity contribution is -0.119. The maximum absolute atomic E-state index is 11.6. The molecule has 0 unspecified atom stereocenters. The Kier molecular flexibility index (Phi) is 4.70. The van der Waals surface area contributed by atoms with Gasteiger partial charge < -0.3 is 10.6 Å². The van der Waals surface area contributed by atoms with Crippen LogP contribution in [0.1, 0.15) is 20.8 Å². The lowest BCUT2D eigenvalue weighted by Crippen LogP contribution is -2.17. The van der Waals surface area contributed by atoms with Crippen molar-refractivity contribution in [1.82, 2.24) is 4.98 Å². The van der Waals surface area contributed by atoms with Crippen LogP contribution in [0, 0.1) is 5.92 Å². The standard InChI is InChI=1S/C15H17N3O2S/c1-9(2)14(20)17-12-6-4-11(5-7-12)13-8-21-15(18-13)16-10(3)19/h4-9H,1-3H3,(H,17,20)(H,16,18,19). The van der Waals surface area contributed by atoms with Crippen LogP contribution in [0.25, 0.3) is 11.3 Å². The van der Waals surface area contributed by atoms with Gasteiger partial charge in [-0.05, 0) is 12.1 Å². The molecule has 2 aromatic rings. The Labute approximate surface area is 127 Å². The fourth-order valence-electron chi connectivity index (χ4n) is 1.63. The molecular weight excluding hydrogens is 286 g/mol. The molecule has 0 bridgehead atoms. The number of hydrogen-bond donors (Lipinski definition) is 2. The van der Waals surface area contributed by atoms with E-state index in [1.54, 1.807) is 0 Å². The molecule has 0 fully saturated rings. The number of carbonyl (C=O) groups excluding carboxylic acids is 2. The summed E-state index contributed by atoms with van der Waals surface area (Å²) in [6.07, 6.45) is 0. The minimum atomic E-state index is -0.136. The summed E-state index contributed by atoms with van der Waals surface area (Å²) in [5.74, 6) is -0.199. The number of benzene rings is 1. The Hall–Kier alpha value is -2.21. The van der Waals surface area contributed by atoms with Gasteiger partial charge >= 0.3 is 0 Å². The maximum Gasteiger partial charge on any atom is 0.226 e. The number of hydrogen-bond acceptors (Lipinski definition) is 4. The first-order valence-corrected chi connectivity index (χ1v) is 7.48. The Morgan fingerprint density at radius 2 is 1.81 bits per heavy atom. The number of nitrogens with one attached hydrogen (secondary N) is 2. The molecule has 0 saturated carbocycles. The first-order chi connectivity index (χ1) is 9.95. The van der Waals surface area contributed by atoms with Crippen LogP contribution in [0.5, 0.6) is 0 Å². The summed E-state index contributed by atoms with van der Waals surface area (Å²) in [6, 6.07) is 7.46. The highest BCUT2D eigenvalue weighted by Gasteiger charge is 2.08. The van der Waals surface area contributed by atoms with Crippen LogP contribution in [0.2, 0.25) is 0 Å². The van der Waals surface area contributed by atoms with Crippen molar-refractivity contribution >= 4 is 34.0 Å². The van der Waals surface area contributed by atoms with Gasteiger partial charge in [0.2, 0.25) is 11.8 Å². The highest BCUT2D eigenvalue weighted by molar-refractivity contribution is 7.14. The number of nitrogens with zero attached hydrogens (tertiary/aromatic N) is 1. The molecule has 0 aliphatic carbocycles. The van der Waals surface area contributed by atoms with Crippen LogP contribution in [-0.4, -0.2) is 16.8 Å². The quantitative estimate of drug-likeness (QED) is 0.909. The number of carbonyl (C=O) groups is 2. The zero-order valence-electron chi connectivity index (χ0n) is 12.1. The maximum atomic E-state index is 11.6. The summed E-state index contributed by atoms with van der Waals surface area (Å²) in [5.41, 5.74) is 2.49. The molecule has 1 aromatic heterocycles. The molecule has 110 valence electrons. The van der Waals surface area contributed by atoms with Crippen molar-refractivity contribution in [3.8, 4) is 11.3 Å². The summed E-state index contributed by atoms with van der Waals surface area (Å²) in [6.45, 7) is 5.15. The lowest BCUT2D eigenvalue weighted by Gasteiger charge is -2.07. The van der Waals surface area contributed by atoms with Crippen molar-refractivity contribution in [2.24, 2.45) is 5.92 Å². The SMILES string of the molecule is CC(=O)Nc1nc(-c2ccc(NC(=O)C(C)C)cc2)cs1. The van der Waals surface area contributed by atoms with Gasteiger partial charge in [-0.15, -0.1) is 11.3 Å². The molecular formula is C15H17N3O2S. The number of aromatic nitrogens is 1. The van der Waals surface area contributed by atoms with E-state index in [2.05, 4.69) is 15.6 Å². The third kappa shape index (κ3) is 4.13. The normalized spacial score (nSPS) is 10.5. The van der Waals surface area contributed by atoms with Crippen LogP contribution in [0.4, 0.5) is 10.8 Å². The van der Waals surface area contributed by atoms with Gasteiger partial charge in [0.25, 0.3) is 0 Å². The average molecular weight is 303 g/mol. The summed E-state index contributed by atoms with van der Waals surface area (Å²) in [4.78, 5) is 26.9. The summed E-state index contributed by atoms with van der Waals surface area (Å²) in [5, 5.41) is 7.95. The average Bonchev–Trinajstić information content (AvgIpc) is 2.87. The monoisotopic (exact) mass is 303 g/mol. The van der Waals surface area contributed by atoms with E-state index in [1.165, 1.54) is 18.3 Å². The van der Waals surface area contributed by atoms with Crippen molar-refractivity contribution < 1.29 is 9.59 Å². The smallest absolute Gasteiger partial charge is 0.226 e. The van der Waals surface area contributed by atoms with E-state index in [4.69, 9.17) is 0 Å². The second-order valence-electron chi connectivity index (χ2n) is 4.94. The number of rotatable bonds is 4. The lowest BCUT2D eigenvalue weighted by atomic mass is 10.1. The van der Waals surface area contributed by atoms with Crippen LogP contribution >= 0.6 is 11.3 Å². The number of thiazole rings is 1. The van der Waals surface area contributed by atoms with E-state index >= 15 is 0 Å². The highest BCUT2D eigenvalue weighted by atomic mass is 32.1. The van der Waals surface area contributed by atoms with Gasteiger partial charge in [-0.3, -0.25) is 9.59 Å². The largest absolute Gasteiger partial charge is 0.326 e. The predicted molar refractivity (Wildman–Crippen MR) is 85.3 cm³/mol. The molecule has 6 heteroatoms. The summed E-state index contributed by atoms with van der Waals surface area (Å²) >= 11 is 1.38. The first kappa shape index (κ1) is 15.2. The molecule has 0 spiro atoms. The summed E-state index contributed by atoms with van der Waals surface area (Å²) in [7, 11) is 0. The molecule has 0 atom stereocenters. The van der Waals surface area contributed by atoms with E-state index in [9.17, 15) is 9.59 Å². The second kappa shape index (κ2) is 6.49. The summed E-state index contributed by atoms with van der Waals surface area (Å²) < 4.78 is 0. The van der Waals surface area contributed by atoms with Gasteiger partial charge in [0.15, 0.2) is 5.13 Å². The van der Waals surface area contributed by atoms with Crippen molar-refractivity contribution in [1.29, 1.82) is 0 Å². The van der Waals surface area contributed by atoms with Crippen LogP contribution in [0.3, 0.4) is 0 Å². The number of amides is 2. The molecule has 0 aliphatic heterocycles. The molecule has 0 saturated heterocycles. The molecule has 21 heavy (non-hydrogen) atoms. The Morgan fingerprint density at radius 3 is 2.38 bits per heavy atom. The molecule has 2 amide bonds. The van der Waals surface area contributed by atoms with E-state index in [1.807, 2.05) is 43.5 Å². The second-order valence-corrected chi connectivity index (χ2v) is 5.80. The zero-order chi connectivity index (χ0) is 15.4. The Balaban J connectivity index is 2.10. The Bertz CT molecular complexity index is 647. The van der Waals surface area contributed by atoms with E-state index in [0.717, 1.165) is 16.9 Å². The van der Waals surface area contributed by atoms with Crippen molar-refractivity contribution in [3.63, 3.8) is 0 Å². The van der Waals surface area contributed by atoms with Gasteiger partial charge in [0.1, 0.15) is 0 Å². The highest BCUT2D eigenvalue weighted by Crippen LogP contribution is 2.26. The molecule has 2 rings (SSSR count). The number of anilines is 2. The minimum Gasteiger partial charge on any atom is -0.326 e. The van der Waals surface area contributed by atoms with Crippen LogP contribution in [0.15, 0.2) is 29.6 Å².